The fourth-order valence-corrected chi connectivity index (χ4v) is 2.78. The molecule has 0 spiro atoms. The second-order valence-corrected chi connectivity index (χ2v) is 5.04. The second-order valence-electron chi connectivity index (χ2n) is 5.04. The summed E-state index contributed by atoms with van der Waals surface area (Å²) in [6.07, 6.45) is 2.86. The van der Waals surface area contributed by atoms with Gasteiger partial charge in [-0.15, -0.1) is 0 Å². The van der Waals surface area contributed by atoms with Crippen LogP contribution in [0.2, 0.25) is 0 Å². The first-order valence-corrected chi connectivity index (χ1v) is 6.77. The van der Waals surface area contributed by atoms with E-state index >= 15 is 0 Å². The molecule has 0 aromatic carbocycles. The molecular formula is C14H18N5. The van der Waals surface area contributed by atoms with Crippen LogP contribution < -0.4 is 10.2 Å². The molecule has 1 aromatic heterocycles. The van der Waals surface area contributed by atoms with Crippen LogP contribution in [0.4, 0.5) is 5.82 Å². The van der Waals surface area contributed by atoms with E-state index in [2.05, 4.69) is 32.7 Å². The number of hydrogen-bond acceptors (Lipinski definition) is 5. The molecule has 1 aromatic rings. The van der Waals surface area contributed by atoms with Crippen molar-refractivity contribution in [2.75, 3.05) is 37.6 Å². The van der Waals surface area contributed by atoms with E-state index in [1.54, 1.807) is 12.3 Å². The molecule has 5 nitrogen and oxygen atoms in total. The molecule has 3 heterocycles. The van der Waals surface area contributed by atoms with Crippen LogP contribution in [0, 0.1) is 17.9 Å². The van der Waals surface area contributed by atoms with E-state index in [1.165, 1.54) is 0 Å². The summed E-state index contributed by atoms with van der Waals surface area (Å²) in [5.41, 5.74) is 0.682. The summed E-state index contributed by atoms with van der Waals surface area (Å²) in [6.45, 7) is 7.34. The van der Waals surface area contributed by atoms with Crippen LogP contribution in [-0.4, -0.2) is 48.6 Å². The number of rotatable bonds is 2. The minimum atomic E-state index is 0.653. The van der Waals surface area contributed by atoms with Gasteiger partial charge in [0.15, 0.2) is 0 Å². The molecule has 2 saturated heterocycles. The highest BCUT2D eigenvalue weighted by Gasteiger charge is 2.26. The first-order chi connectivity index (χ1) is 9.36. The summed E-state index contributed by atoms with van der Waals surface area (Å²) in [6, 6.07) is 6.45. The monoisotopic (exact) mass is 256 g/mol. The zero-order valence-electron chi connectivity index (χ0n) is 10.9. The summed E-state index contributed by atoms with van der Waals surface area (Å²) < 4.78 is 0. The molecule has 2 aliphatic heterocycles. The van der Waals surface area contributed by atoms with Gasteiger partial charge in [-0.25, -0.2) is 4.98 Å². The van der Waals surface area contributed by atoms with E-state index in [1.807, 2.05) is 6.07 Å². The van der Waals surface area contributed by atoms with Gasteiger partial charge in [-0.3, -0.25) is 4.90 Å². The number of nitrogens with one attached hydrogen (secondary N) is 1. The van der Waals surface area contributed by atoms with Crippen LogP contribution >= 0.6 is 0 Å². The molecule has 3 rings (SSSR count). The van der Waals surface area contributed by atoms with Crippen molar-refractivity contribution in [3.8, 4) is 6.07 Å². The van der Waals surface area contributed by atoms with Gasteiger partial charge in [0.1, 0.15) is 5.82 Å². The SMILES string of the molecule is N#Cc1ccnc(N2CCN([C@H]3C[CH]NC3)CC2)c1. The zero-order valence-corrected chi connectivity index (χ0v) is 10.9. The largest absolute Gasteiger partial charge is 0.354 e. The highest BCUT2D eigenvalue weighted by molar-refractivity contribution is 5.45. The number of anilines is 1. The van der Waals surface area contributed by atoms with E-state index in [9.17, 15) is 0 Å². The van der Waals surface area contributed by atoms with Crippen molar-refractivity contribution in [3.05, 3.63) is 30.4 Å². The fourth-order valence-electron chi connectivity index (χ4n) is 2.78. The summed E-state index contributed by atoms with van der Waals surface area (Å²) in [5.74, 6) is 0.926. The minimum Gasteiger partial charge on any atom is -0.354 e. The summed E-state index contributed by atoms with van der Waals surface area (Å²) in [4.78, 5) is 9.18. The Bertz CT molecular complexity index is 467. The van der Waals surface area contributed by atoms with Crippen LogP contribution in [-0.2, 0) is 0 Å². The van der Waals surface area contributed by atoms with Gasteiger partial charge < -0.3 is 10.2 Å². The molecule has 99 valence electrons. The van der Waals surface area contributed by atoms with Crippen molar-refractivity contribution in [2.45, 2.75) is 12.5 Å². The summed E-state index contributed by atoms with van der Waals surface area (Å²) in [7, 11) is 0. The Labute approximate surface area is 113 Å². The lowest BCUT2D eigenvalue weighted by molar-refractivity contribution is 0.197. The molecule has 0 aliphatic carbocycles. The van der Waals surface area contributed by atoms with E-state index in [4.69, 9.17) is 5.26 Å². The van der Waals surface area contributed by atoms with Crippen LogP contribution in [0.15, 0.2) is 18.3 Å². The standard InChI is InChI=1S/C14H18N5/c15-10-12-1-4-17-14(9-12)19-7-5-18(6-8-19)13-2-3-16-11-13/h1,3-4,9,13,16H,2,5-8,11H2/t13-/m0/s1. The Hall–Kier alpha value is -1.64. The molecule has 1 radical (unpaired) electrons. The minimum absolute atomic E-state index is 0.653. The Balaban J connectivity index is 1.61. The van der Waals surface area contributed by atoms with Gasteiger partial charge in [0.2, 0.25) is 0 Å². The zero-order chi connectivity index (χ0) is 13.1. The van der Waals surface area contributed by atoms with Crippen LogP contribution in [0.3, 0.4) is 0 Å². The molecule has 0 saturated carbocycles. The van der Waals surface area contributed by atoms with Gasteiger partial charge in [0.05, 0.1) is 11.6 Å². The van der Waals surface area contributed by atoms with Crippen molar-refractivity contribution in [2.24, 2.45) is 0 Å². The molecule has 0 amide bonds. The third-order valence-electron chi connectivity index (χ3n) is 3.92. The highest BCUT2D eigenvalue weighted by Crippen LogP contribution is 2.18. The smallest absolute Gasteiger partial charge is 0.129 e. The van der Waals surface area contributed by atoms with Crippen molar-refractivity contribution in [1.29, 1.82) is 5.26 Å². The molecule has 1 atom stereocenters. The maximum Gasteiger partial charge on any atom is 0.129 e. The number of nitriles is 1. The molecule has 0 unspecified atom stereocenters. The van der Waals surface area contributed by atoms with Gasteiger partial charge in [-0.2, -0.15) is 5.26 Å². The van der Waals surface area contributed by atoms with Crippen LogP contribution in [0.1, 0.15) is 12.0 Å². The lowest BCUT2D eigenvalue weighted by Gasteiger charge is -2.38. The average molecular weight is 256 g/mol. The molecule has 1 N–H and O–H groups in total. The lowest BCUT2D eigenvalue weighted by atomic mass is 10.2. The average Bonchev–Trinajstić information content (AvgIpc) is 3.02. The van der Waals surface area contributed by atoms with Gasteiger partial charge >= 0.3 is 0 Å². The van der Waals surface area contributed by atoms with E-state index in [0.29, 0.717) is 11.6 Å². The van der Waals surface area contributed by atoms with E-state index in [0.717, 1.165) is 45.0 Å². The van der Waals surface area contributed by atoms with Crippen molar-refractivity contribution in [3.63, 3.8) is 0 Å². The van der Waals surface area contributed by atoms with Crippen molar-refractivity contribution in [1.82, 2.24) is 15.2 Å². The van der Waals surface area contributed by atoms with Gasteiger partial charge in [0.25, 0.3) is 0 Å². The lowest BCUT2D eigenvalue weighted by Crippen LogP contribution is -2.51. The number of aromatic nitrogens is 1. The Kier molecular flexibility index (Phi) is 3.62. The number of piperazine rings is 1. The maximum absolute atomic E-state index is 8.93. The summed E-state index contributed by atoms with van der Waals surface area (Å²) >= 11 is 0. The Morgan fingerprint density at radius 1 is 1.32 bits per heavy atom. The third-order valence-corrected chi connectivity index (χ3v) is 3.92. The van der Waals surface area contributed by atoms with Crippen molar-refractivity contribution >= 4 is 5.82 Å². The number of nitrogens with zero attached hydrogens (tertiary/aromatic N) is 4. The molecule has 0 bridgehead atoms. The molecule has 19 heavy (non-hydrogen) atoms. The molecule has 5 heteroatoms. The summed E-state index contributed by atoms with van der Waals surface area (Å²) in [5, 5.41) is 12.2. The molecular weight excluding hydrogens is 238 g/mol. The highest BCUT2D eigenvalue weighted by atomic mass is 15.3. The van der Waals surface area contributed by atoms with Crippen molar-refractivity contribution < 1.29 is 0 Å². The molecule has 2 fully saturated rings. The predicted molar refractivity (Wildman–Crippen MR) is 73.4 cm³/mol. The van der Waals surface area contributed by atoms with Crippen LogP contribution in [0.25, 0.3) is 0 Å². The van der Waals surface area contributed by atoms with Gasteiger partial charge in [-0.1, -0.05) is 0 Å². The number of pyridine rings is 1. The molecule has 2 aliphatic rings. The second kappa shape index (κ2) is 5.55. The maximum atomic E-state index is 8.93. The van der Waals surface area contributed by atoms with Gasteiger partial charge in [0, 0.05) is 51.5 Å². The van der Waals surface area contributed by atoms with E-state index < -0.39 is 0 Å². The first kappa shape index (κ1) is 12.4. The first-order valence-electron chi connectivity index (χ1n) is 6.77. The van der Waals surface area contributed by atoms with Gasteiger partial charge in [-0.05, 0) is 18.6 Å². The third kappa shape index (κ3) is 2.70. The predicted octanol–water partition coefficient (Wildman–Crippen LogP) is 0.599. The quantitative estimate of drug-likeness (QED) is 0.839. The number of hydrogen-bond donors (Lipinski definition) is 1. The Morgan fingerprint density at radius 2 is 2.16 bits per heavy atom. The van der Waals surface area contributed by atoms with E-state index in [-0.39, 0.29) is 0 Å². The topological polar surface area (TPSA) is 55.2 Å². The fraction of sp³-hybridized carbons (Fsp3) is 0.500. The van der Waals surface area contributed by atoms with Crippen LogP contribution in [0.5, 0.6) is 0 Å². The Morgan fingerprint density at radius 3 is 2.84 bits per heavy atom. The normalized spacial score (nSPS) is 24.4.